The summed E-state index contributed by atoms with van der Waals surface area (Å²) in [5.74, 6) is -0.696. The molecule has 0 radical (unpaired) electrons. The third-order valence-electron chi connectivity index (χ3n) is 3.83. The van der Waals surface area contributed by atoms with Gasteiger partial charge >= 0.3 is 0 Å². The van der Waals surface area contributed by atoms with Crippen LogP contribution in [0.15, 0.2) is 30.7 Å². The Morgan fingerprint density at radius 2 is 2.35 bits per heavy atom. The molecule has 0 unspecified atom stereocenters. The minimum atomic E-state index is -0.680. The van der Waals surface area contributed by atoms with Crippen LogP contribution in [0.25, 0.3) is 0 Å². The molecule has 1 aliphatic heterocycles. The number of hydrogen-bond donors (Lipinski definition) is 3. The zero-order chi connectivity index (χ0) is 16.4. The van der Waals surface area contributed by atoms with Gasteiger partial charge in [0.15, 0.2) is 0 Å². The van der Waals surface area contributed by atoms with Crippen molar-refractivity contribution < 1.29 is 14.3 Å². The molecule has 1 aromatic carbocycles. The molecule has 1 aliphatic rings. The Morgan fingerprint density at radius 1 is 1.52 bits per heavy atom. The minimum Gasteiger partial charge on any atom is -0.390 e. The van der Waals surface area contributed by atoms with E-state index in [9.17, 15) is 14.3 Å². The van der Waals surface area contributed by atoms with Crippen LogP contribution in [0.3, 0.4) is 0 Å². The lowest BCUT2D eigenvalue weighted by Gasteiger charge is -2.17. The van der Waals surface area contributed by atoms with E-state index in [4.69, 9.17) is 11.6 Å². The molecule has 0 bridgehead atoms. The first-order valence-electron chi connectivity index (χ1n) is 7.16. The highest BCUT2D eigenvalue weighted by atomic mass is 35.5. The maximum atomic E-state index is 13.1. The predicted molar refractivity (Wildman–Crippen MR) is 82.5 cm³/mol. The third kappa shape index (κ3) is 3.69. The van der Waals surface area contributed by atoms with Crippen LogP contribution < -0.4 is 5.32 Å². The minimum absolute atomic E-state index is 0.312. The topological polar surface area (TPSA) is 81.2 Å². The van der Waals surface area contributed by atoms with Gasteiger partial charge in [0.25, 0.3) is 5.91 Å². The number of rotatable bonds is 4. The van der Waals surface area contributed by atoms with Crippen molar-refractivity contribution in [1.29, 1.82) is 0 Å². The zero-order valence-electron chi connectivity index (χ0n) is 12.2. The molecule has 2 atom stereocenters. The first-order chi connectivity index (χ1) is 11.0. The Labute approximate surface area is 137 Å². The maximum Gasteiger partial charge on any atom is 0.269 e. The molecule has 122 valence electrons. The van der Waals surface area contributed by atoms with E-state index in [0.29, 0.717) is 30.4 Å². The summed E-state index contributed by atoms with van der Waals surface area (Å²) in [6.45, 7) is 1.36. The average Bonchev–Trinajstić information content (AvgIpc) is 3.13. The summed E-state index contributed by atoms with van der Waals surface area (Å²) in [4.78, 5) is 20.5. The SMILES string of the molecule is O=C(N[C@@H]1CN(Cc2ccc(F)cc2Cl)C[C@H]1O)c1cnc[nH]1. The van der Waals surface area contributed by atoms with Gasteiger partial charge in [0.2, 0.25) is 0 Å². The lowest BCUT2D eigenvalue weighted by Crippen LogP contribution is -2.42. The van der Waals surface area contributed by atoms with Crippen molar-refractivity contribution in [3.05, 3.63) is 52.8 Å². The molecular formula is C15H16ClFN4O2. The molecule has 8 heteroatoms. The van der Waals surface area contributed by atoms with E-state index in [0.717, 1.165) is 5.56 Å². The second kappa shape index (κ2) is 6.66. The van der Waals surface area contributed by atoms with Crippen LogP contribution >= 0.6 is 11.6 Å². The first-order valence-corrected chi connectivity index (χ1v) is 7.54. The molecule has 0 aliphatic carbocycles. The van der Waals surface area contributed by atoms with Gasteiger partial charge < -0.3 is 15.4 Å². The lowest BCUT2D eigenvalue weighted by atomic mass is 10.2. The van der Waals surface area contributed by atoms with Crippen LogP contribution in [-0.2, 0) is 6.54 Å². The molecule has 0 spiro atoms. The van der Waals surface area contributed by atoms with Crippen LogP contribution in [-0.4, -0.2) is 51.1 Å². The van der Waals surface area contributed by atoms with Crippen LogP contribution in [0.5, 0.6) is 0 Å². The molecule has 2 heterocycles. The van der Waals surface area contributed by atoms with Gasteiger partial charge in [0.1, 0.15) is 11.5 Å². The van der Waals surface area contributed by atoms with Crippen LogP contribution in [0, 0.1) is 5.82 Å². The summed E-state index contributed by atoms with van der Waals surface area (Å²) in [6.07, 6.45) is 2.16. The molecule has 1 aromatic heterocycles. The number of imidazole rings is 1. The van der Waals surface area contributed by atoms with Gasteiger partial charge in [-0.3, -0.25) is 9.69 Å². The number of hydrogen-bond acceptors (Lipinski definition) is 4. The highest BCUT2D eigenvalue weighted by molar-refractivity contribution is 6.31. The van der Waals surface area contributed by atoms with Crippen molar-refractivity contribution in [2.24, 2.45) is 0 Å². The van der Waals surface area contributed by atoms with Gasteiger partial charge in [-0.05, 0) is 17.7 Å². The summed E-state index contributed by atoms with van der Waals surface area (Å²) in [6, 6.07) is 3.86. The number of aromatic amines is 1. The number of halogens is 2. The molecule has 23 heavy (non-hydrogen) atoms. The number of amides is 1. The normalized spacial score (nSPS) is 21.5. The average molecular weight is 339 g/mol. The van der Waals surface area contributed by atoms with Crippen molar-refractivity contribution in [3.63, 3.8) is 0 Å². The van der Waals surface area contributed by atoms with Crippen LogP contribution in [0.4, 0.5) is 4.39 Å². The summed E-state index contributed by atoms with van der Waals surface area (Å²) in [5.41, 5.74) is 1.12. The number of H-pyrrole nitrogens is 1. The van der Waals surface area contributed by atoms with E-state index < -0.39 is 6.10 Å². The Bertz CT molecular complexity index is 695. The molecule has 2 aromatic rings. The molecule has 0 saturated carbocycles. The number of β-amino-alcohol motifs (C(OH)–C–C–N with tert-alkyl or cyclic N) is 1. The third-order valence-corrected chi connectivity index (χ3v) is 4.18. The Morgan fingerprint density at radius 3 is 3.04 bits per heavy atom. The first kappa shape index (κ1) is 15.9. The molecule has 1 fully saturated rings. The monoisotopic (exact) mass is 338 g/mol. The maximum absolute atomic E-state index is 13.1. The van der Waals surface area contributed by atoms with E-state index >= 15 is 0 Å². The summed E-state index contributed by atoms with van der Waals surface area (Å²) >= 11 is 6.02. The largest absolute Gasteiger partial charge is 0.390 e. The number of likely N-dealkylation sites (tertiary alicyclic amines) is 1. The fourth-order valence-electron chi connectivity index (χ4n) is 2.65. The number of aliphatic hydroxyl groups is 1. The highest BCUT2D eigenvalue weighted by Gasteiger charge is 2.32. The smallest absolute Gasteiger partial charge is 0.269 e. The molecule has 6 nitrogen and oxygen atoms in total. The van der Waals surface area contributed by atoms with E-state index in [2.05, 4.69) is 15.3 Å². The van der Waals surface area contributed by atoms with Crippen molar-refractivity contribution in [2.75, 3.05) is 13.1 Å². The zero-order valence-corrected chi connectivity index (χ0v) is 12.9. The van der Waals surface area contributed by atoms with Crippen molar-refractivity contribution >= 4 is 17.5 Å². The summed E-state index contributed by atoms with van der Waals surface area (Å²) in [5, 5.41) is 13.2. The van der Waals surface area contributed by atoms with E-state index in [1.54, 1.807) is 6.07 Å². The number of nitrogens with zero attached hydrogens (tertiary/aromatic N) is 2. The lowest BCUT2D eigenvalue weighted by molar-refractivity contribution is 0.0884. The highest BCUT2D eigenvalue weighted by Crippen LogP contribution is 2.21. The molecular weight excluding hydrogens is 323 g/mol. The van der Waals surface area contributed by atoms with Gasteiger partial charge in [-0.25, -0.2) is 9.37 Å². The van der Waals surface area contributed by atoms with Gasteiger partial charge in [0, 0.05) is 24.7 Å². The van der Waals surface area contributed by atoms with Crippen molar-refractivity contribution in [3.8, 4) is 0 Å². The Balaban J connectivity index is 1.61. The van der Waals surface area contributed by atoms with E-state index in [1.165, 1.54) is 24.7 Å². The Hall–Kier alpha value is -1.96. The number of nitrogens with one attached hydrogen (secondary N) is 2. The van der Waals surface area contributed by atoms with Gasteiger partial charge in [-0.2, -0.15) is 0 Å². The summed E-state index contributed by atoms with van der Waals surface area (Å²) in [7, 11) is 0. The van der Waals surface area contributed by atoms with Gasteiger partial charge in [-0.1, -0.05) is 17.7 Å². The number of carbonyl (C=O) groups excluding carboxylic acids is 1. The fourth-order valence-corrected chi connectivity index (χ4v) is 2.88. The second-order valence-corrected chi connectivity index (χ2v) is 5.95. The summed E-state index contributed by atoms with van der Waals surface area (Å²) < 4.78 is 13.1. The standard InChI is InChI=1S/C15H16ClFN4O2/c16-11-3-10(17)2-1-9(11)5-21-6-13(14(22)7-21)20-15(23)12-4-18-8-19-12/h1-4,8,13-14,22H,5-7H2,(H,18,19)(H,20,23)/t13-,14-/m1/s1. The van der Waals surface area contributed by atoms with Crippen molar-refractivity contribution in [2.45, 2.75) is 18.7 Å². The van der Waals surface area contributed by atoms with E-state index in [1.807, 2.05) is 4.90 Å². The number of benzene rings is 1. The van der Waals surface area contributed by atoms with Gasteiger partial charge in [0.05, 0.1) is 24.7 Å². The fraction of sp³-hybridized carbons (Fsp3) is 0.333. The predicted octanol–water partition coefficient (Wildman–Crippen LogP) is 1.18. The molecule has 3 rings (SSSR count). The number of aliphatic hydroxyl groups excluding tert-OH is 1. The number of aromatic nitrogens is 2. The van der Waals surface area contributed by atoms with Gasteiger partial charge in [-0.15, -0.1) is 0 Å². The number of carbonyl (C=O) groups is 1. The molecule has 1 amide bonds. The molecule has 1 saturated heterocycles. The van der Waals surface area contributed by atoms with Crippen LogP contribution in [0.1, 0.15) is 16.1 Å². The van der Waals surface area contributed by atoms with Crippen LogP contribution in [0.2, 0.25) is 5.02 Å². The quantitative estimate of drug-likeness (QED) is 0.782. The van der Waals surface area contributed by atoms with E-state index in [-0.39, 0.29) is 17.8 Å². The Kier molecular flexibility index (Phi) is 4.61. The molecule has 3 N–H and O–H groups in total. The van der Waals surface area contributed by atoms with Crippen molar-refractivity contribution in [1.82, 2.24) is 20.2 Å². The second-order valence-electron chi connectivity index (χ2n) is 5.54.